The highest BCUT2D eigenvalue weighted by atomic mass is 32.2. The summed E-state index contributed by atoms with van der Waals surface area (Å²) < 4.78 is 159. The number of amides is 4. The normalized spacial score (nSPS) is 29.0. The van der Waals surface area contributed by atoms with Crippen LogP contribution in [-0.4, -0.2) is 183 Å². The summed E-state index contributed by atoms with van der Waals surface area (Å²) in [5.41, 5.74) is -6.98. The maximum absolute atomic E-state index is 14.9. The number of nitrogens with zero attached hydrogens (tertiary/aromatic N) is 4. The van der Waals surface area contributed by atoms with E-state index in [1.54, 1.807) is 48.8 Å². The maximum atomic E-state index is 14.9. The molecule has 0 bridgehead atoms. The summed E-state index contributed by atoms with van der Waals surface area (Å²) in [5, 5.41) is 1.33. The number of nitrogens with one attached hydrogen (secondary N) is 2. The summed E-state index contributed by atoms with van der Waals surface area (Å²) in [4.78, 5) is 125. The number of ketones is 2. The fourth-order valence-corrected chi connectivity index (χ4v) is 19.4. The van der Waals surface area contributed by atoms with Crippen molar-refractivity contribution >= 4 is 88.7 Å². The molecule has 0 spiro atoms. The van der Waals surface area contributed by atoms with E-state index in [0.717, 1.165) is 38.5 Å². The number of sulfonamides is 2. The largest absolute Gasteiger partial charge is 0.493 e. The minimum Gasteiger partial charge on any atom is -0.493 e. The Morgan fingerprint density at radius 3 is 1.19 bits per heavy atom. The lowest BCUT2D eigenvalue weighted by Crippen LogP contribution is -2.48. The third kappa shape index (κ3) is 19.7. The van der Waals surface area contributed by atoms with Crippen LogP contribution in [0.25, 0.3) is 21.5 Å². The Morgan fingerprint density at radius 2 is 0.862 bits per heavy atom. The zero-order chi connectivity index (χ0) is 84.7. The van der Waals surface area contributed by atoms with Crippen LogP contribution in [0, 0.1) is 58.2 Å². The van der Waals surface area contributed by atoms with Gasteiger partial charge in [-0.25, -0.2) is 44.4 Å². The first-order chi connectivity index (χ1) is 54.4. The van der Waals surface area contributed by atoms with Crippen molar-refractivity contribution in [3.63, 3.8) is 0 Å². The van der Waals surface area contributed by atoms with Gasteiger partial charge in [0, 0.05) is 62.7 Å². The number of esters is 2. The molecule has 2 saturated heterocycles. The molecule has 2 N–H and O–H groups in total. The number of halogens is 4. The second-order valence-corrected chi connectivity index (χ2v) is 38.6. The molecule has 116 heavy (non-hydrogen) atoms. The summed E-state index contributed by atoms with van der Waals surface area (Å²) in [6.07, 6.45) is 13.6. The second-order valence-electron chi connectivity index (χ2n) is 34.6. The monoisotopic (exact) mass is 1660 g/mol. The summed E-state index contributed by atoms with van der Waals surface area (Å²) in [5.74, 6) is -13.5. The molecule has 6 heterocycles. The Morgan fingerprint density at radius 1 is 0.517 bits per heavy atom. The van der Waals surface area contributed by atoms with E-state index in [9.17, 15) is 72.8 Å². The average Bonchev–Trinajstić information content (AvgIpc) is 1.57. The molecule has 0 radical (unpaired) electrons. The maximum Gasteiger partial charge on any atom is 0.307 e. The molecule has 4 aliphatic heterocycles. The first-order valence-corrected chi connectivity index (χ1v) is 43.1. The predicted octanol–water partition coefficient (Wildman–Crippen LogP) is 12.3. The van der Waals surface area contributed by atoms with Gasteiger partial charge in [0.2, 0.25) is 55.4 Å². The molecule has 14 atom stereocenters. The quantitative estimate of drug-likeness (QED) is 0.0419. The highest BCUT2D eigenvalue weighted by molar-refractivity contribution is 7.91. The van der Waals surface area contributed by atoms with Gasteiger partial charge in [0.05, 0.1) is 99.6 Å². The van der Waals surface area contributed by atoms with Crippen molar-refractivity contribution in [3.8, 4) is 34.8 Å². The molecule has 4 saturated carbocycles. The molecule has 4 amide bonds. The molecule has 8 aliphatic rings. The molecule has 12 rings (SSSR count). The molecule has 2 aromatic heterocycles. The van der Waals surface area contributed by atoms with Crippen LogP contribution in [-0.2, 0) is 67.9 Å². The van der Waals surface area contributed by atoms with Crippen LogP contribution in [0.1, 0.15) is 185 Å². The molecule has 4 aromatic rings. The number of allylic oxidation sites excluding steroid dienone is 4. The van der Waals surface area contributed by atoms with E-state index in [4.69, 9.17) is 37.9 Å². The number of alkyl halides is 4. The third-order valence-electron chi connectivity index (χ3n) is 25.0. The van der Waals surface area contributed by atoms with E-state index in [1.807, 2.05) is 52.0 Å². The lowest BCUT2D eigenvalue weighted by molar-refractivity contribution is -0.197. The third-order valence-corrected chi connectivity index (χ3v) is 28.6. The summed E-state index contributed by atoms with van der Waals surface area (Å²) >= 11 is 0. The van der Waals surface area contributed by atoms with Gasteiger partial charge >= 0.3 is 11.9 Å². The molecular formula is C84H110F4N6O20S2. The van der Waals surface area contributed by atoms with Gasteiger partial charge in [-0.1, -0.05) is 52.0 Å². The summed E-state index contributed by atoms with van der Waals surface area (Å²) in [6.45, 7) is 13.3. The molecule has 0 unspecified atom stereocenters. The standard InChI is InChI=1S/2C42H55F2N3O10S/c2*1-24-10-8-9-11-27-21-42(27,39(51)46-58(52,53)29-12-13-29)22-33(48)32-18-28(56-37-31-19-35(55-7)34(54-6)17-26(31)14-15-45-37)23-47(32)38(50)30(25(2)16-24)20-36(49)57-40(3,4)41(5,43)44/h2*9,11,14-15,17,19,24-25,27-30,32H,8,10,12-13,16,18,20-23H2,1-7H3,(H,46,51)/b2*11-9-/t24-,25+,27+,28+,30-,32-,42+;24-,25-,27-,28-,30+,32+,42-/m01/s1. The molecule has 6 fully saturated rings. The predicted molar refractivity (Wildman–Crippen MR) is 420 cm³/mol. The fraction of sp³-hybridized carbons (Fsp3) is 0.643. The molecule has 2 aromatic carbocycles. The van der Waals surface area contributed by atoms with Crippen molar-refractivity contribution in [2.45, 2.75) is 243 Å². The summed E-state index contributed by atoms with van der Waals surface area (Å²) in [6, 6.07) is 8.26. The van der Waals surface area contributed by atoms with Gasteiger partial charge < -0.3 is 47.7 Å². The van der Waals surface area contributed by atoms with Crippen molar-refractivity contribution in [2.24, 2.45) is 58.2 Å². The van der Waals surface area contributed by atoms with Crippen molar-refractivity contribution in [1.82, 2.24) is 29.2 Å². The zero-order valence-electron chi connectivity index (χ0n) is 68.4. The number of pyridine rings is 2. The fourth-order valence-electron chi connectivity index (χ4n) is 16.6. The minimum absolute atomic E-state index is 0.00550. The van der Waals surface area contributed by atoms with Crippen LogP contribution in [0.5, 0.6) is 34.8 Å². The number of hydrogen-bond acceptors (Lipinski definition) is 22. The van der Waals surface area contributed by atoms with Gasteiger partial charge in [-0.3, -0.25) is 47.8 Å². The highest BCUT2D eigenvalue weighted by Crippen LogP contribution is 2.59. The number of methoxy groups -OCH3 is 4. The number of ether oxygens (including phenoxy) is 8. The van der Waals surface area contributed by atoms with Crippen LogP contribution in [0.15, 0.2) is 73.1 Å². The Balaban J connectivity index is 0.000000228. The number of benzene rings is 2. The van der Waals surface area contributed by atoms with Crippen LogP contribution in [0.2, 0.25) is 0 Å². The van der Waals surface area contributed by atoms with E-state index in [2.05, 4.69) is 19.4 Å². The molecule has 4 aliphatic carbocycles. The van der Waals surface area contributed by atoms with Gasteiger partial charge in [-0.2, -0.15) is 0 Å². The summed E-state index contributed by atoms with van der Waals surface area (Å²) in [7, 11) is -1.80. The first-order valence-electron chi connectivity index (χ1n) is 40.0. The Kier molecular flexibility index (Phi) is 26.1. The van der Waals surface area contributed by atoms with E-state index in [1.165, 1.54) is 38.2 Å². The van der Waals surface area contributed by atoms with Gasteiger partial charge in [-0.15, -0.1) is 0 Å². The minimum atomic E-state index is -3.92. The van der Waals surface area contributed by atoms with E-state index in [-0.39, 0.29) is 75.2 Å². The highest BCUT2D eigenvalue weighted by Gasteiger charge is 2.64. The van der Waals surface area contributed by atoms with Crippen LogP contribution in [0.3, 0.4) is 0 Å². The van der Waals surface area contributed by atoms with E-state index < -0.39 is 184 Å². The van der Waals surface area contributed by atoms with Crippen LogP contribution in [0.4, 0.5) is 17.6 Å². The van der Waals surface area contributed by atoms with Crippen LogP contribution >= 0.6 is 0 Å². The SMILES string of the molecule is COc1cc2ccnc(O[C@@H]3C[C@H]4C(=O)C[C@]5(C(=O)NS(=O)(=O)C6CC6)C[C@H]5/C=C\CC[C@@H](C)C[C@@H](C)[C@H](CC(=O)OC(C)(C)C(C)(F)F)C(=O)N4C3)c2cc1OC.COc1cc2ccnc(O[C@@H]3C[C@H]4C(=O)C[C@]5(C(=O)NS(=O)(=O)C6CC6)C[C@H]5/C=C\CC[C@H](C)C[C@@H](C)[C@H](CC(=O)OC(C)(C)C(C)(F)F)C(=O)N4C3)c2cc1OC. The van der Waals surface area contributed by atoms with Crippen molar-refractivity contribution in [1.29, 1.82) is 0 Å². The number of carbonyl (C=O) groups excluding carboxylic acids is 8. The first kappa shape index (κ1) is 88.1. The second kappa shape index (κ2) is 34.3. The lowest BCUT2D eigenvalue weighted by Gasteiger charge is -2.34. The number of hydrogen-bond donors (Lipinski definition) is 2. The smallest absolute Gasteiger partial charge is 0.307 e. The van der Waals surface area contributed by atoms with Crippen molar-refractivity contribution < 1.29 is 111 Å². The van der Waals surface area contributed by atoms with Crippen LogP contribution < -0.4 is 37.9 Å². The Bertz CT molecular complexity index is 4420. The van der Waals surface area contributed by atoms with Gasteiger partial charge in [0.25, 0.3) is 11.8 Å². The zero-order valence-corrected chi connectivity index (χ0v) is 70.1. The van der Waals surface area contributed by atoms with E-state index >= 15 is 0 Å². The van der Waals surface area contributed by atoms with Crippen molar-refractivity contribution in [3.05, 3.63) is 73.1 Å². The van der Waals surface area contributed by atoms with E-state index in [0.29, 0.717) is 112 Å². The number of Topliss-reactive ketones (excluding diaryl/α,β-unsaturated/α-hetero) is 2. The molecular weight excluding hydrogens is 1550 g/mol. The van der Waals surface area contributed by atoms with Gasteiger partial charge in [0.15, 0.2) is 45.8 Å². The number of rotatable bonds is 22. The molecule has 32 heteroatoms. The topological polar surface area (TPSA) is 335 Å². The molecule has 26 nitrogen and oxygen atoms in total. The van der Waals surface area contributed by atoms with Crippen molar-refractivity contribution in [2.75, 3.05) is 41.5 Å². The number of fused-ring (bicyclic) bond motifs is 6. The lowest BCUT2D eigenvalue weighted by atomic mass is 9.82. The molecule has 636 valence electrons. The number of carbonyl (C=O) groups is 8. The van der Waals surface area contributed by atoms with Gasteiger partial charge in [-0.05, 0) is 187 Å². The Labute approximate surface area is 675 Å². The average molecular weight is 1660 g/mol. The number of aromatic nitrogens is 2. The Hall–Kier alpha value is -8.68. The van der Waals surface area contributed by atoms with Gasteiger partial charge in [0.1, 0.15) is 12.2 Å².